The van der Waals surface area contributed by atoms with Crippen LogP contribution in [0.3, 0.4) is 0 Å². The van der Waals surface area contributed by atoms with Crippen molar-refractivity contribution in [3.63, 3.8) is 0 Å². The van der Waals surface area contributed by atoms with E-state index in [1.807, 2.05) is 0 Å². The van der Waals surface area contributed by atoms with Gasteiger partial charge in [-0.05, 0) is 67.3 Å². The number of benzene rings is 2. The molecular weight excluding hydrogens is 390 g/mol. The molecule has 0 bridgehead atoms. The van der Waals surface area contributed by atoms with Gasteiger partial charge in [0.1, 0.15) is 0 Å². The van der Waals surface area contributed by atoms with Crippen LogP contribution in [0.25, 0.3) is 0 Å². The number of hydrogen-bond acceptors (Lipinski definition) is 1. The van der Waals surface area contributed by atoms with Gasteiger partial charge >= 0.3 is 0 Å². The van der Waals surface area contributed by atoms with Gasteiger partial charge in [-0.25, -0.2) is 0 Å². The summed E-state index contributed by atoms with van der Waals surface area (Å²) >= 11 is 7.13. The summed E-state index contributed by atoms with van der Waals surface area (Å²) in [5.74, 6) is 0. The molecule has 0 spiro atoms. The van der Waals surface area contributed by atoms with Crippen molar-refractivity contribution in [2.45, 2.75) is 33.2 Å². The van der Waals surface area contributed by atoms with E-state index in [1.54, 1.807) is 0 Å². The number of rotatable bonds is 5. The monoisotopic (exact) mass is 409 g/mol. The van der Waals surface area contributed by atoms with Crippen LogP contribution in [0.15, 0.2) is 45.3 Å². The van der Waals surface area contributed by atoms with E-state index in [2.05, 4.69) is 94.3 Å². The van der Waals surface area contributed by atoms with Crippen LogP contribution in [0, 0.1) is 13.8 Å². The van der Waals surface area contributed by atoms with Gasteiger partial charge in [-0.15, -0.1) is 0 Å². The minimum Gasteiger partial charge on any atom is -0.306 e. The van der Waals surface area contributed by atoms with E-state index in [-0.39, 0.29) is 6.04 Å². The molecular formula is C18H21Br2N. The van der Waals surface area contributed by atoms with Crippen molar-refractivity contribution in [1.29, 1.82) is 0 Å². The van der Waals surface area contributed by atoms with Crippen molar-refractivity contribution in [3.8, 4) is 0 Å². The van der Waals surface area contributed by atoms with E-state index in [0.717, 1.165) is 17.4 Å². The largest absolute Gasteiger partial charge is 0.306 e. The predicted molar refractivity (Wildman–Crippen MR) is 97.9 cm³/mol. The van der Waals surface area contributed by atoms with Crippen LogP contribution in [0.1, 0.15) is 41.6 Å². The average Bonchev–Trinajstić information content (AvgIpc) is 2.46. The Morgan fingerprint density at radius 1 is 1.00 bits per heavy atom. The van der Waals surface area contributed by atoms with Crippen LogP contribution < -0.4 is 5.32 Å². The standard InChI is InChI=1S/C18H21Br2N/c1-4-9-21-18(14-5-7-15(19)8-6-14)16-10-13(3)17(20)11-12(16)2/h5-8,10-11,18,21H,4,9H2,1-3H3. The smallest absolute Gasteiger partial charge is 0.0579 e. The first kappa shape index (κ1) is 16.7. The van der Waals surface area contributed by atoms with Crippen LogP contribution in [0.5, 0.6) is 0 Å². The van der Waals surface area contributed by atoms with Crippen LogP contribution in [-0.4, -0.2) is 6.54 Å². The lowest BCUT2D eigenvalue weighted by Crippen LogP contribution is -2.24. The van der Waals surface area contributed by atoms with Crippen LogP contribution in [0.2, 0.25) is 0 Å². The Bertz CT molecular complexity index is 605. The summed E-state index contributed by atoms with van der Waals surface area (Å²) in [6, 6.07) is 13.3. The maximum absolute atomic E-state index is 3.68. The molecule has 0 saturated heterocycles. The van der Waals surface area contributed by atoms with Gasteiger partial charge < -0.3 is 5.32 Å². The first-order valence-electron chi connectivity index (χ1n) is 7.28. The van der Waals surface area contributed by atoms with Gasteiger partial charge in [-0.1, -0.05) is 57.0 Å². The average molecular weight is 411 g/mol. The molecule has 2 aromatic carbocycles. The maximum atomic E-state index is 3.68. The summed E-state index contributed by atoms with van der Waals surface area (Å²) in [5, 5.41) is 3.68. The number of hydrogen-bond donors (Lipinski definition) is 1. The van der Waals surface area contributed by atoms with Crippen molar-refractivity contribution in [2.24, 2.45) is 0 Å². The van der Waals surface area contributed by atoms with Crippen molar-refractivity contribution >= 4 is 31.9 Å². The molecule has 0 aliphatic carbocycles. The molecule has 2 aromatic rings. The Balaban J connectivity index is 2.45. The fraction of sp³-hybridized carbons (Fsp3) is 0.333. The minimum atomic E-state index is 0.241. The van der Waals surface area contributed by atoms with E-state index in [0.29, 0.717) is 0 Å². The highest BCUT2D eigenvalue weighted by atomic mass is 79.9. The maximum Gasteiger partial charge on any atom is 0.0579 e. The lowest BCUT2D eigenvalue weighted by Gasteiger charge is -2.22. The molecule has 0 aliphatic rings. The number of aryl methyl sites for hydroxylation is 2. The highest BCUT2D eigenvalue weighted by Gasteiger charge is 2.16. The fourth-order valence-corrected chi connectivity index (χ4v) is 3.19. The molecule has 0 saturated carbocycles. The normalized spacial score (nSPS) is 12.4. The zero-order valence-electron chi connectivity index (χ0n) is 12.7. The molecule has 1 atom stereocenters. The first-order chi connectivity index (χ1) is 10.0. The van der Waals surface area contributed by atoms with E-state index in [1.165, 1.54) is 26.7 Å². The quantitative estimate of drug-likeness (QED) is 0.645. The summed E-state index contributed by atoms with van der Waals surface area (Å²) in [6.45, 7) is 7.53. The summed E-state index contributed by atoms with van der Waals surface area (Å²) in [4.78, 5) is 0. The first-order valence-corrected chi connectivity index (χ1v) is 8.87. The van der Waals surface area contributed by atoms with E-state index in [4.69, 9.17) is 0 Å². The lowest BCUT2D eigenvalue weighted by atomic mass is 9.93. The highest BCUT2D eigenvalue weighted by molar-refractivity contribution is 9.10. The molecule has 0 radical (unpaired) electrons. The zero-order chi connectivity index (χ0) is 15.4. The Labute approximate surface area is 144 Å². The van der Waals surface area contributed by atoms with Gasteiger partial charge in [-0.3, -0.25) is 0 Å². The lowest BCUT2D eigenvalue weighted by molar-refractivity contribution is 0.596. The highest BCUT2D eigenvalue weighted by Crippen LogP contribution is 2.30. The van der Waals surface area contributed by atoms with Gasteiger partial charge in [0, 0.05) is 8.95 Å². The van der Waals surface area contributed by atoms with E-state index in [9.17, 15) is 0 Å². The summed E-state index contributed by atoms with van der Waals surface area (Å²) in [7, 11) is 0. The molecule has 0 heterocycles. The molecule has 2 rings (SSSR count). The molecule has 21 heavy (non-hydrogen) atoms. The predicted octanol–water partition coefficient (Wildman–Crippen LogP) is 5.92. The van der Waals surface area contributed by atoms with Gasteiger partial charge in [0.2, 0.25) is 0 Å². The van der Waals surface area contributed by atoms with Gasteiger partial charge in [0.25, 0.3) is 0 Å². The third-order valence-electron chi connectivity index (χ3n) is 3.66. The molecule has 0 aromatic heterocycles. The van der Waals surface area contributed by atoms with Crippen LogP contribution in [0.4, 0.5) is 0 Å². The Hall–Kier alpha value is -0.640. The summed E-state index contributed by atoms with van der Waals surface area (Å²) < 4.78 is 2.29. The van der Waals surface area contributed by atoms with Gasteiger partial charge in [0.05, 0.1) is 6.04 Å². The molecule has 1 N–H and O–H groups in total. The zero-order valence-corrected chi connectivity index (χ0v) is 15.9. The van der Waals surface area contributed by atoms with E-state index >= 15 is 0 Å². The summed E-state index contributed by atoms with van der Waals surface area (Å²) in [6.07, 6.45) is 1.13. The second kappa shape index (κ2) is 7.57. The molecule has 0 aliphatic heterocycles. The number of halogens is 2. The molecule has 1 nitrogen and oxygen atoms in total. The fourth-order valence-electron chi connectivity index (χ4n) is 2.47. The molecule has 1 unspecified atom stereocenters. The molecule has 0 fully saturated rings. The number of nitrogens with one attached hydrogen (secondary N) is 1. The van der Waals surface area contributed by atoms with Crippen molar-refractivity contribution < 1.29 is 0 Å². The van der Waals surface area contributed by atoms with Crippen molar-refractivity contribution in [2.75, 3.05) is 6.54 Å². The SMILES string of the molecule is CCCNC(c1ccc(Br)cc1)c1cc(C)c(Br)cc1C. The second-order valence-electron chi connectivity index (χ2n) is 5.40. The molecule has 0 amide bonds. The topological polar surface area (TPSA) is 12.0 Å². The molecule has 3 heteroatoms. The second-order valence-corrected chi connectivity index (χ2v) is 7.17. The van der Waals surface area contributed by atoms with E-state index < -0.39 is 0 Å². The van der Waals surface area contributed by atoms with Crippen LogP contribution in [-0.2, 0) is 0 Å². The van der Waals surface area contributed by atoms with Crippen LogP contribution >= 0.6 is 31.9 Å². The Kier molecular flexibility index (Phi) is 6.03. The Morgan fingerprint density at radius 2 is 1.67 bits per heavy atom. The van der Waals surface area contributed by atoms with Crippen molar-refractivity contribution in [1.82, 2.24) is 5.32 Å². The minimum absolute atomic E-state index is 0.241. The molecule has 112 valence electrons. The van der Waals surface area contributed by atoms with Gasteiger partial charge in [-0.2, -0.15) is 0 Å². The summed E-state index contributed by atoms with van der Waals surface area (Å²) in [5.41, 5.74) is 5.24. The van der Waals surface area contributed by atoms with Crippen molar-refractivity contribution in [3.05, 3.63) is 67.6 Å². The van der Waals surface area contributed by atoms with Gasteiger partial charge in [0.15, 0.2) is 0 Å². The Morgan fingerprint density at radius 3 is 2.29 bits per heavy atom. The third-order valence-corrected chi connectivity index (χ3v) is 5.04. The third kappa shape index (κ3) is 4.18.